The van der Waals surface area contributed by atoms with Gasteiger partial charge < -0.3 is 14.5 Å². The molecule has 0 aliphatic rings. The number of carbonyl (C=O) groups is 1. The lowest BCUT2D eigenvalue weighted by Crippen LogP contribution is -2.09. The van der Waals surface area contributed by atoms with E-state index >= 15 is 0 Å². The van der Waals surface area contributed by atoms with Gasteiger partial charge in [0.15, 0.2) is 11.6 Å². The van der Waals surface area contributed by atoms with Crippen LogP contribution >= 0.6 is 0 Å². The minimum atomic E-state index is -3.03. The van der Waals surface area contributed by atoms with Crippen molar-refractivity contribution in [2.24, 2.45) is 0 Å². The van der Waals surface area contributed by atoms with E-state index in [1.54, 1.807) is 37.6 Å². The zero-order chi connectivity index (χ0) is 20.1. The van der Waals surface area contributed by atoms with Crippen molar-refractivity contribution in [3.8, 4) is 5.75 Å². The Hall–Kier alpha value is -3.42. The summed E-state index contributed by atoms with van der Waals surface area (Å²) in [5.74, 6) is -2.34. The van der Waals surface area contributed by atoms with Crippen molar-refractivity contribution in [2.45, 2.75) is 19.4 Å². The maximum absolute atomic E-state index is 13.2. The van der Waals surface area contributed by atoms with E-state index in [9.17, 15) is 13.6 Å². The zero-order valence-electron chi connectivity index (χ0n) is 15.4. The van der Waals surface area contributed by atoms with Gasteiger partial charge >= 0.3 is 5.92 Å². The topological polar surface area (TPSA) is 69.3 Å². The number of hydrogen-bond donors (Lipinski definition) is 1. The number of hydrogen-bond acceptors (Lipinski definition) is 4. The van der Waals surface area contributed by atoms with Crippen molar-refractivity contribution in [1.82, 2.24) is 9.78 Å². The van der Waals surface area contributed by atoms with Crippen LogP contribution in [-0.2, 0) is 17.3 Å². The van der Waals surface area contributed by atoms with Crippen LogP contribution in [0.25, 0.3) is 6.08 Å². The van der Waals surface area contributed by atoms with Crippen LogP contribution in [0.5, 0.6) is 5.75 Å². The number of benzene rings is 1. The first-order chi connectivity index (χ1) is 13.3. The van der Waals surface area contributed by atoms with Crippen LogP contribution in [-0.4, -0.2) is 22.8 Å². The first-order valence-corrected chi connectivity index (χ1v) is 8.47. The van der Waals surface area contributed by atoms with E-state index in [1.807, 2.05) is 12.1 Å². The number of methoxy groups -OCH3 is 1. The Bertz CT molecular complexity index is 969. The smallest absolute Gasteiger partial charge is 0.301 e. The lowest BCUT2D eigenvalue weighted by Gasteiger charge is -2.05. The minimum Gasteiger partial charge on any atom is -0.497 e. The molecular formula is C20H19F2N3O3. The van der Waals surface area contributed by atoms with Gasteiger partial charge in [0.1, 0.15) is 11.5 Å². The number of alkyl halides is 2. The summed E-state index contributed by atoms with van der Waals surface area (Å²) in [5, 5.41) is 6.82. The molecule has 0 saturated carbocycles. The molecule has 0 unspecified atom stereocenters. The molecule has 146 valence electrons. The molecule has 0 fully saturated rings. The predicted octanol–water partition coefficient (Wildman–Crippen LogP) is 4.30. The predicted molar refractivity (Wildman–Crippen MR) is 100 cm³/mol. The number of nitrogens with zero attached hydrogens (tertiary/aromatic N) is 2. The van der Waals surface area contributed by atoms with E-state index < -0.39 is 11.7 Å². The molecule has 3 aromatic rings. The van der Waals surface area contributed by atoms with Gasteiger partial charge in [0.05, 0.1) is 13.7 Å². The molecule has 3 rings (SSSR count). The molecule has 0 bridgehead atoms. The maximum atomic E-state index is 13.2. The Labute approximate surface area is 160 Å². The number of halogens is 2. The number of ether oxygens (including phenoxy) is 1. The summed E-state index contributed by atoms with van der Waals surface area (Å²) in [6, 6.07) is 11.6. The largest absolute Gasteiger partial charge is 0.497 e. The quantitative estimate of drug-likeness (QED) is 0.614. The second-order valence-corrected chi connectivity index (χ2v) is 6.15. The molecule has 2 aromatic heterocycles. The molecule has 6 nitrogen and oxygen atoms in total. The summed E-state index contributed by atoms with van der Waals surface area (Å²) >= 11 is 0. The molecule has 0 aliphatic heterocycles. The van der Waals surface area contributed by atoms with Crippen molar-refractivity contribution < 1.29 is 22.7 Å². The third kappa shape index (κ3) is 5.06. The lowest BCUT2D eigenvalue weighted by molar-refractivity contribution is -0.111. The average Bonchev–Trinajstić information content (AvgIpc) is 3.30. The molecular weight excluding hydrogens is 368 g/mol. The maximum Gasteiger partial charge on any atom is 0.301 e. The van der Waals surface area contributed by atoms with Gasteiger partial charge in [-0.25, -0.2) is 0 Å². The highest BCUT2D eigenvalue weighted by atomic mass is 19.3. The van der Waals surface area contributed by atoms with Gasteiger partial charge in [-0.2, -0.15) is 13.9 Å². The molecule has 1 aromatic carbocycles. The van der Waals surface area contributed by atoms with E-state index in [0.717, 1.165) is 18.2 Å². The fourth-order valence-electron chi connectivity index (χ4n) is 2.43. The summed E-state index contributed by atoms with van der Waals surface area (Å²) in [4.78, 5) is 12.0. The average molecular weight is 387 g/mol. The molecule has 0 radical (unpaired) electrons. The van der Waals surface area contributed by atoms with Crippen molar-refractivity contribution in [3.05, 3.63) is 71.8 Å². The summed E-state index contributed by atoms with van der Waals surface area (Å²) in [6.07, 6.45) is 4.68. The van der Waals surface area contributed by atoms with Crippen LogP contribution in [0, 0.1) is 0 Å². The van der Waals surface area contributed by atoms with Gasteiger partial charge in [-0.3, -0.25) is 9.48 Å². The molecule has 0 saturated heterocycles. The highest BCUT2D eigenvalue weighted by Gasteiger charge is 2.28. The fourth-order valence-corrected chi connectivity index (χ4v) is 2.43. The number of furan rings is 1. The van der Waals surface area contributed by atoms with Gasteiger partial charge in [0.2, 0.25) is 5.91 Å². The van der Waals surface area contributed by atoms with Crippen LogP contribution in [0.3, 0.4) is 0 Å². The molecule has 0 aliphatic carbocycles. The fraction of sp³-hybridized carbons (Fsp3) is 0.200. The minimum absolute atomic E-state index is 0.174. The van der Waals surface area contributed by atoms with Crippen LogP contribution < -0.4 is 10.1 Å². The van der Waals surface area contributed by atoms with E-state index in [1.165, 1.54) is 22.9 Å². The molecule has 0 spiro atoms. The van der Waals surface area contributed by atoms with Crippen LogP contribution in [0.1, 0.15) is 24.0 Å². The Morgan fingerprint density at radius 2 is 2.00 bits per heavy atom. The van der Waals surface area contributed by atoms with E-state index in [2.05, 4.69) is 10.4 Å². The molecule has 28 heavy (non-hydrogen) atoms. The first-order valence-electron chi connectivity index (χ1n) is 8.47. The summed E-state index contributed by atoms with van der Waals surface area (Å²) in [7, 11) is 1.58. The second kappa shape index (κ2) is 8.08. The molecule has 1 N–H and O–H groups in total. The Morgan fingerprint density at radius 1 is 1.25 bits per heavy atom. The molecule has 2 heterocycles. The van der Waals surface area contributed by atoms with E-state index in [4.69, 9.17) is 9.15 Å². The van der Waals surface area contributed by atoms with Crippen molar-refractivity contribution in [2.75, 3.05) is 12.4 Å². The molecule has 0 atom stereocenters. The number of nitrogens with one attached hydrogen (secondary N) is 1. The normalized spacial score (nSPS) is 11.7. The summed E-state index contributed by atoms with van der Waals surface area (Å²) < 4.78 is 38.1. The van der Waals surface area contributed by atoms with E-state index in [0.29, 0.717) is 11.6 Å². The Kier molecular flexibility index (Phi) is 5.58. The highest BCUT2D eigenvalue weighted by molar-refractivity contribution is 6.01. The summed E-state index contributed by atoms with van der Waals surface area (Å²) in [6.45, 7) is 0.949. The van der Waals surface area contributed by atoms with Crippen LogP contribution in [0.2, 0.25) is 0 Å². The number of aromatic nitrogens is 2. The van der Waals surface area contributed by atoms with Gasteiger partial charge in [-0.1, -0.05) is 12.1 Å². The van der Waals surface area contributed by atoms with Crippen molar-refractivity contribution >= 4 is 17.8 Å². The van der Waals surface area contributed by atoms with E-state index in [-0.39, 0.29) is 12.5 Å². The zero-order valence-corrected chi connectivity index (χ0v) is 15.4. The number of carbonyl (C=O) groups excluding carboxylic acids is 1. The summed E-state index contributed by atoms with van der Waals surface area (Å²) in [5.41, 5.74) is 0.850. The third-order valence-corrected chi connectivity index (χ3v) is 3.85. The van der Waals surface area contributed by atoms with Gasteiger partial charge in [0, 0.05) is 25.3 Å². The third-order valence-electron chi connectivity index (χ3n) is 3.85. The lowest BCUT2D eigenvalue weighted by atomic mass is 10.2. The van der Waals surface area contributed by atoms with Crippen molar-refractivity contribution in [3.63, 3.8) is 0 Å². The molecule has 8 heteroatoms. The number of anilines is 1. The Morgan fingerprint density at radius 3 is 2.64 bits per heavy atom. The van der Waals surface area contributed by atoms with Gasteiger partial charge in [-0.15, -0.1) is 0 Å². The van der Waals surface area contributed by atoms with Crippen LogP contribution in [0.15, 0.2) is 59.2 Å². The van der Waals surface area contributed by atoms with Crippen molar-refractivity contribution in [1.29, 1.82) is 0 Å². The number of amides is 1. The van der Waals surface area contributed by atoms with Gasteiger partial charge in [0.25, 0.3) is 0 Å². The highest BCUT2D eigenvalue weighted by Crippen LogP contribution is 2.28. The van der Waals surface area contributed by atoms with Gasteiger partial charge in [-0.05, 0) is 35.9 Å². The second-order valence-electron chi connectivity index (χ2n) is 6.15. The SMILES string of the molecule is COc1ccc(/C=C\C(=O)Nc2ccn(Cc3ccc(C(C)(F)F)o3)n2)cc1. The number of rotatable bonds is 7. The molecule has 1 amide bonds. The Balaban J connectivity index is 1.57. The van der Waals surface area contributed by atoms with Crippen LogP contribution in [0.4, 0.5) is 14.6 Å². The monoisotopic (exact) mass is 387 g/mol. The standard InChI is InChI=1S/C20H19F2N3O3/c1-20(21,22)17-9-8-16(28-17)13-25-12-11-18(24-25)23-19(26)10-5-14-3-6-15(27-2)7-4-14/h3-12H,13H2,1-2H3,(H,23,24,26)/b10-5-. The first kappa shape index (κ1) is 19.3.